The van der Waals surface area contributed by atoms with Crippen molar-refractivity contribution in [2.45, 2.75) is 45.7 Å². The molecule has 0 bridgehead atoms. The van der Waals surface area contributed by atoms with Gasteiger partial charge in [0.15, 0.2) is 0 Å². The molecule has 0 fully saturated rings. The Balaban J connectivity index is 2.28. The Kier molecular flexibility index (Phi) is 3.13. The van der Waals surface area contributed by atoms with Crippen molar-refractivity contribution in [3.8, 4) is 0 Å². The van der Waals surface area contributed by atoms with Crippen molar-refractivity contribution in [3.63, 3.8) is 0 Å². The van der Waals surface area contributed by atoms with E-state index >= 15 is 0 Å². The Bertz CT molecular complexity index is 138. The van der Waals surface area contributed by atoms with Crippen LogP contribution in [0.4, 0.5) is 0 Å². The number of rotatable bonds is 3. The van der Waals surface area contributed by atoms with Gasteiger partial charge in [0.1, 0.15) is 0 Å². The van der Waals surface area contributed by atoms with Gasteiger partial charge < -0.3 is 5.32 Å². The summed E-state index contributed by atoms with van der Waals surface area (Å²) < 4.78 is 0. The van der Waals surface area contributed by atoms with Gasteiger partial charge >= 0.3 is 0 Å². The van der Waals surface area contributed by atoms with E-state index in [0.29, 0.717) is 12.1 Å². The third-order valence-corrected chi connectivity index (χ3v) is 2.29. The van der Waals surface area contributed by atoms with Crippen LogP contribution in [-0.4, -0.2) is 12.1 Å². The summed E-state index contributed by atoms with van der Waals surface area (Å²) in [6, 6.07) is 1.26. The molecule has 1 aliphatic carbocycles. The van der Waals surface area contributed by atoms with Gasteiger partial charge in [0.2, 0.25) is 0 Å². The standard InChI is InChI=1S/C10H19N/c1-8(2)11-9(3)10-6-4-5-7-10/h4,6,8-11H,5,7H2,1-3H3. The number of hydrogen-bond acceptors (Lipinski definition) is 1. The van der Waals surface area contributed by atoms with E-state index in [1.54, 1.807) is 0 Å². The zero-order valence-electron chi connectivity index (χ0n) is 7.80. The van der Waals surface area contributed by atoms with E-state index in [0.717, 1.165) is 5.92 Å². The van der Waals surface area contributed by atoms with Crippen molar-refractivity contribution in [2.24, 2.45) is 5.92 Å². The van der Waals surface area contributed by atoms with Gasteiger partial charge in [-0.15, -0.1) is 0 Å². The average molecular weight is 153 g/mol. The molecule has 0 aromatic carbocycles. The summed E-state index contributed by atoms with van der Waals surface area (Å²) >= 11 is 0. The zero-order chi connectivity index (χ0) is 8.27. The Hall–Kier alpha value is -0.300. The van der Waals surface area contributed by atoms with Gasteiger partial charge in [0, 0.05) is 12.1 Å². The van der Waals surface area contributed by atoms with E-state index in [4.69, 9.17) is 0 Å². The largest absolute Gasteiger partial charge is 0.311 e. The molecule has 0 heterocycles. The second kappa shape index (κ2) is 3.91. The molecule has 0 radical (unpaired) electrons. The van der Waals surface area contributed by atoms with Crippen LogP contribution in [0.25, 0.3) is 0 Å². The molecule has 1 N–H and O–H groups in total. The molecular formula is C10H19N. The summed E-state index contributed by atoms with van der Waals surface area (Å²) in [5, 5.41) is 3.53. The smallest absolute Gasteiger partial charge is 0.0104 e. The molecule has 64 valence electrons. The number of nitrogens with one attached hydrogen (secondary N) is 1. The molecule has 1 nitrogen and oxygen atoms in total. The maximum Gasteiger partial charge on any atom is 0.0104 e. The first-order valence-electron chi connectivity index (χ1n) is 4.63. The summed E-state index contributed by atoms with van der Waals surface area (Å²) in [5.74, 6) is 0.775. The van der Waals surface area contributed by atoms with E-state index in [9.17, 15) is 0 Å². The van der Waals surface area contributed by atoms with E-state index in [-0.39, 0.29) is 0 Å². The predicted octanol–water partition coefficient (Wildman–Crippen LogP) is 2.34. The summed E-state index contributed by atoms with van der Waals surface area (Å²) in [4.78, 5) is 0. The molecule has 0 aromatic heterocycles. The highest BCUT2D eigenvalue weighted by atomic mass is 14.9. The maximum atomic E-state index is 3.53. The molecule has 0 amide bonds. The van der Waals surface area contributed by atoms with Gasteiger partial charge in [-0.1, -0.05) is 26.0 Å². The van der Waals surface area contributed by atoms with E-state index in [1.807, 2.05) is 0 Å². The Morgan fingerprint density at radius 2 is 2.09 bits per heavy atom. The molecule has 2 unspecified atom stereocenters. The lowest BCUT2D eigenvalue weighted by molar-refractivity contribution is 0.399. The van der Waals surface area contributed by atoms with Crippen LogP contribution >= 0.6 is 0 Å². The molecule has 0 aliphatic heterocycles. The van der Waals surface area contributed by atoms with Crippen LogP contribution in [0.3, 0.4) is 0 Å². The van der Waals surface area contributed by atoms with Crippen molar-refractivity contribution in [3.05, 3.63) is 12.2 Å². The molecule has 0 saturated carbocycles. The van der Waals surface area contributed by atoms with Crippen LogP contribution < -0.4 is 5.32 Å². The monoisotopic (exact) mass is 153 g/mol. The molecule has 1 heteroatoms. The fourth-order valence-electron chi connectivity index (χ4n) is 1.72. The van der Waals surface area contributed by atoms with Crippen LogP contribution in [0.5, 0.6) is 0 Å². The summed E-state index contributed by atoms with van der Waals surface area (Å²) in [6.45, 7) is 6.69. The van der Waals surface area contributed by atoms with Crippen LogP contribution in [0.1, 0.15) is 33.6 Å². The minimum absolute atomic E-state index is 0.610. The Morgan fingerprint density at radius 1 is 1.36 bits per heavy atom. The highest BCUT2D eigenvalue weighted by Gasteiger charge is 2.16. The number of allylic oxidation sites excluding steroid dienone is 1. The normalized spacial score (nSPS) is 26.4. The lowest BCUT2D eigenvalue weighted by Crippen LogP contribution is -2.36. The van der Waals surface area contributed by atoms with Crippen LogP contribution in [0, 0.1) is 5.92 Å². The third kappa shape index (κ3) is 2.66. The fourth-order valence-corrected chi connectivity index (χ4v) is 1.72. The molecule has 2 atom stereocenters. The molecule has 1 rings (SSSR count). The molecule has 0 saturated heterocycles. The highest BCUT2D eigenvalue weighted by Crippen LogP contribution is 2.20. The first-order chi connectivity index (χ1) is 5.20. The SMILES string of the molecule is CC(C)NC(C)C1C=CCC1. The van der Waals surface area contributed by atoms with Crippen molar-refractivity contribution < 1.29 is 0 Å². The minimum Gasteiger partial charge on any atom is -0.311 e. The summed E-state index contributed by atoms with van der Waals surface area (Å²) in [5.41, 5.74) is 0. The van der Waals surface area contributed by atoms with Crippen molar-refractivity contribution >= 4 is 0 Å². The fraction of sp³-hybridized carbons (Fsp3) is 0.800. The third-order valence-electron chi connectivity index (χ3n) is 2.29. The van der Waals surface area contributed by atoms with E-state index in [1.165, 1.54) is 12.8 Å². The predicted molar refractivity (Wildman–Crippen MR) is 49.6 cm³/mol. The van der Waals surface area contributed by atoms with Crippen molar-refractivity contribution in [1.82, 2.24) is 5.32 Å². The van der Waals surface area contributed by atoms with Gasteiger partial charge in [-0.2, -0.15) is 0 Å². The van der Waals surface area contributed by atoms with Gasteiger partial charge in [0.25, 0.3) is 0 Å². The van der Waals surface area contributed by atoms with Crippen LogP contribution in [-0.2, 0) is 0 Å². The molecule has 0 spiro atoms. The molecule has 11 heavy (non-hydrogen) atoms. The van der Waals surface area contributed by atoms with E-state index < -0.39 is 0 Å². The van der Waals surface area contributed by atoms with Crippen LogP contribution in [0.15, 0.2) is 12.2 Å². The Labute approximate surface area is 69.9 Å². The van der Waals surface area contributed by atoms with Gasteiger partial charge in [-0.25, -0.2) is 0 Å². The van der Waals surface area contributed by atoms with E-state index in [2.05, 4.69) is 38.2 Å². The highest BCUT2D eigenvalue weighted by molar-refractivity contribution is 5.00. The zero-order valence-corrected chi connectivity index (χ0v) is 7.80. The lowest BCUT2D eigenvalue weighted by atomic mass is 10.0. The average Bonchev–Trinajstić information content (AvgIpc) is 2.35. The maximum absolute atomic E-state index is 3.53. The topological polar surface area (TPSA) is 12.0 Å². The minimum atomic E-state index is 0.610. The van der Waals surface area contributed by atoms with Crippen molar-refractivity contribution in [1.29, 1.82) is 0 Å². The number of hydrogen-bond donors (Lipinski definition) is 1. The molecule has 1 aliphatic rings. The second-order valence-electron chi connectivity index (χ2n) is 3.78. The second-order valence-corrected chi connectivity index (χ2v) is 3.78. The van der Waals surface area contributed by atoms with Crippen LogP contribution in [0.2, 0.25) is 0 Å². The lowest BCUT2D eigenvalue weighted by Gasteiger charge is -2.21. The Morgan fingerprint density at radius 3 is 2.55 bits per heavy atom. The van der Waals surface area contributed by atoms with Gasteiger partial charge in [0.05, 0.1) is 0 Å². The van der Waals surface area contributed by atoms with Gasteiger partial charge in [-0.3, -0.25) is 0 Å². The van der Waals surface area contributed by atoms with Crippen molar-refractivity contribution in [2.75, 3.05) is 0 Å². The molecule has 0 aromatic rings. The molecular weight excluding hydrogens is 134 g/mol. The summed E-state index contributed by atoms with van der Waals surface area (Å²) in [6.07, 6.45) is 7.25. The quantitative estimate of drug-likeness (QED) is 0.614. The van der Waals surface area contributed by atoms with Gasteiger partial charge in [-0.05, 0) is 25.7 Å². The summed E-state index contributed by atoms with van der Waals surface area (Å²) in [7, 11) is 0. The first-order valence-corrected chi connectivity index (χ1v) is 4.63. The first kappa shape index (κ1) is 8.79.